The van der Waals surface area contributed by atoms with Gasteiger partial charge in [-0.1, -0.05) is 13.8 Å². The number of hydrogen-bond acceptors (Lipinski definition) is 3. The maximum atomic E-state index is 9.41. The Bertz CT molecular complexity index is 585. The van der Waals surface area contributed by atoms with Crippen LogP contribution < -0.4 is 4.74 Å². The molecule has 0 atom stereocenters. The van der Waals surface area contributed by atoms with E-state index in [0.717, 1.165) is 42.5 Å². The summed E-state index contributed by atoms with van der Waals surface area (Å²) in [6.45, 7) is 5.15. The van der Waals surface area contributed by atoms with Gasteiger partial charge in [-0.05, 0) is 43.4 Å². The molecule has 1 aliphatic rings. The fourth-order valence-electron chi connectivity index (χ4n) is 2.58. The number of aliphatic hydroxyl groups excluding tert-OH is 1. The Kier molecular flexibility index (Phi) is 3.66. The zero-order valence-corrected chi connectivity index (χ0v) is 12.1. The lowest BCUT2D eigenvalue weighted by atomic mass is 9.89. The molecule has 108 valence electrons. The van der Waals surface area contributed by atoms with Crippen LogP contribution in [0.25, 0.3) is 10.9 Å². The quantitative estimate of drug-likeness (QED) is 0.911. The Morgan fingerprint density at radius 1 is 1.40 bits per heavy atom. The molecular formula is C16H22N2O2. The second-order valence-electron chi connectivity index (χ2n) is 6.12. The molecule has 1 aliphatic carbocycles. The molecule has 1 aromatic heterocycles. The third-order valence-corrected chi connectivity index (χ3v) is 3.97. The molecule has 1 heterocycles. The Balaban J connectivity index is 1.72. The van der Waals surface area contributed by atoms with Gasteiger partial charge in [0.05, 0.1) is 30.5 Å². The van der Waals surface area contributed by atoms with Gasteiger partial charge in [0, 0.05) is 5.39 Å². The average Bonchev–Trinajstić information content (AvgIpc) is 2.77. The zero-order chi connectivity index (χ0) is 14.1. The first-order valence-corrected chi connectivity index (χ1v) is 7.41. The molecule has 0 aliphatic heterocycles. The highest BCUT2D eigenvalue weighted by Crippen LogP contribution is 2.34. The van der Waals surface area contributed by atoms with Crippen LogP contribution in [0.15, 0.2) is 24.4 Å². The van der Waals surface area contributed by atoms with Gasteiger partial charge < -0.3 is 9.84 Å². The highest BCUT2D eigenvalue weighted by molar-refractivity contribution is 5.80. The predicted octanol–water partition coefficient (Wildman–Crippen LogP) is 3.16. The Morgan fingerprint density at radius 2 is 2.20 bits per heavy atom. The van der Waals surface area contributed by atoms with Gasteiger partial charge in [0.2, 0.25) is 0 Å². The van der Waals surface area contributed by atoms with Crippen molar-refractivity contribution in [2.75, 3.05) is 6.61 Å². The SMILES string of the molecule is CC(C)CCOc1ccc2c(cnn2[C@H]2C[C@@H](O)C2)c1. The number of nitrogens with zero attached hydrogens (tertiary/aromatic N) is 2. The second kappa shape index (κ2) is 5.44. The Labute approximate surface area is 119 Å². The van der Waals surface area contributed by atoms with Crippen LogP contribution in [0.1, 0.15) is 39.2 Å². The number of aromatic nitrogens is 2. The summed E-state index contributed by atoms with van der Waals surface area (Å²) in [4.78, 5) is 0. The lowest BCUT2D eigenvalue weighted by Crippen LogP contribution is -2.31. The molecule has 0 saturated heterocycles. The first-order chi connectivity index (χ1) is 9.63. The van der Waals surface area contributed by atoms with E-state index in [-0.39, 0.29) is 6.10 Å². The number of fused-ring (bicyclic) bond motifs is 1. The molecule has 1 aromatic carbocycles. The summed E-state index contributed by atoms with van der Waals surface area (Å²) >= 11 is 0. The van der Waals surface area contributed by atoms with Crippen LogP contribution in [-0.2, 0) is 0 Å². The van der Waals surface area contributed by atoms with Crippen molar-refractivity contribution in [1.82, 2.24) is 9.78 Å². The molecule has 0 bridgehead atoms. The van der Waals surface area contributed by atoms with Crippen LogP contribution in [-0.4, -0.2) is 27.6 Å². The van der Waals surface area contributed by atoms with E-state index in [1.807, 2.05) is 23.0 Å². The van der Waals surface area contributed by atoms with E-state index >= 15 is 0 Å². The molecular weight excluding hydrogens is 252 g/mol. The lowest BCUT2D eigenvalue weighted by molar-refractivity contribution is 0.0453. The van der Waals surface area contributed by atoms with Crippen molar-refractivity contribution in [3.8, 4) is 5.75 Å². The fraction of sp³-hybridized carbons (Fsp3) is 0.562. The van der Waals surface area contributed by atoms with Crippen molar-refractivity contribution < 1.29 is 9.84 Å². The van der Waals surface area contributed by atoms with E-state index in [9.17, 15) is 5.11 Å². The third kappa shape index (κ3) is 2.66. The van der Waals surface area contributed by atoms with Crippen LogP contribution >= 0.6 is 0 Å². The predicted molar refractivity (Wildman–Crippen MR) is 79.0 cm³/mol. The van der Waals surface area contributed by atoms with Crippen molar-refractivity contribution in [3.63, 3.8) is 0 Å². The molecule has 4 nitrogen and oxygen atoms in total. The molecule has 1 fully saturated rings. The maximum Gasteiger partial charge on any atom is 0.120 e. The van der Waals surface area contributed by atoms with Gasteiger partial charge in [-0.2, -0.15) is 5.10 Å². The van der Waals surface area contributed by atoms with E-state index in [2.05, 4.69) is 25.0 Å². The number of ether oxygens (including phenoxy) is 1. The number of hydrogen-bond donors (Lipinski definition) is 1. The van der Waals surface area contributed by atoms with Crippen molar-refractivity contribution in [2.45, 2.75) is 45.3 Å². The third-order valence-electron chi connectivity index (χ3n) is 3.97. The second-order valence-corrected chi connectivity index (χ2v) is 6.12. The summed E-state index contributed by atoms with van der Waals surface area (Å²) in [5, 5.41) is 15.0. The number of benzene rings is 1. The lowest BCUT2D eigenvalue weighted by Gasteiger charge is -2.31. The molecule has 20 heavy (non-hydrogen) atoms. The van der Waals surface area contributed by atoms with Gasteiger partial charge in [-0.25, -0.2) is 0 Å². The minimum absolute atomic E-state index is 0.155. The topological polar surface area (TPSA) is 47.3 Å². The first kappa shape index (κ1) is 13.4. The van der Waals surface area contributed by atoms with E-state index in [4.69, 9.17) is 4.74 Å². The summed E-state index contributed by atoms with van der Waals surface area (Å²) in [6, 6.07) is 6.47. The average molecular weight is 274 g/mol. The Hall–Kier alpha value is -1.55. The standard InChI is InChI=1S/C16H22N2O2/c1-11(2)5-6-20-15-3-4-16-12(7-15)10-17-18(16)13-8-14(19)9-13/h3-4,7,10-11,13-14,19H,5-6,8-9H2,1-2H3/t13-,14+. The fourth-order valence-corrected chi connectivity index (χ4v) is 2.58. The summed E-state index contributed by atoms with van der Waals surface area (Å²) in [5.41, 5.74) is 1.12. The molecule has 0 spiro atoms. The molecule has 0 unspecified atom stereocenters. The number of aliphatic hydroxyl groups is 1. The zero-order valence-electron chi connectivity index (χ0n) is 12.1. The van der Waals surface area contributed by atoms with Crippen LogP contribution in [0, 0.1) is 5.92 Å². The molecule has 3 rings (SSSR count). The first-order valence-electron chi connectivity index (χ1n) is 7.41. The van der Waals surface area contributed by atoms with Gasteiger partial charge >= 0.3 is 0 Å². The van der Waals surface area contributed by atoms with Gasteiger partial charge in [0.15, 0.2) is 0 Å². The summed E-state index contributed by atoms with van der Waals surface area (Å²) in [6.07, 6.45) is 4.41. The molecule has 2 aromatic rings. The van der Waals surface area contributed by atoms with Gasteiger partial charge in [-0.3, -0.25) is 4.68 Å². The smallest absolute Gasteiger partial charge is 0.120 e. The van der Waals surface area contributed by atoms with Gasteiger partial charge in [0.25, 0.3) is 0 Å². The Morgan fingerprint density at radius 3 is 2.90 bits per heavy atom. The van der Waals surface area contributed by atoms with Crippen LogP contribution in [0.5, 0.6) is 5.75 Å². The van der Waals surface area contributed by atoms with Crippen molar-refractivity contribution >= 4 is 10.9 Å². The minimum Gasteiger partial charge on any atom is -0.494 e. The van der Waals surface area contributed by atoms with Crippen LogP contribution in [0.4, 0.5) is 0 Å². The van der Waals surface area contributed by atoms with Crippen LogP contribution in [0.3, 0.4) is 0 Å². The summed E-state index contributed by atoms with van der Waals surface area (Å²) < 4.78 is 7.80. The molecule has 0 radical (unpaired) electrons. The largest absolute Gasteiger partial charge is 0.494 e. The van der Waals surface area contributed by atoms with Crippen molar-refractivity contribution in [3.05, 3.63) is 24.4 Å². The molecule has 1 N–H and O–H groups in total. The maximum absolute atomic E-state index is 9.41. The van der Waals surface area contributed by atoms with E-state index < -0.39 is 0 Å². The normalized spacial score (nSPS) is 22.2. The van der Waals surface area contributed by atoms with E-state index in [0.29, 0.717) is 12.0 Å². The van der Waals surface area contributed by atoms with E-state index in [1.165, 1.54) is 0 Å². The molecule has 1 saturated carbocycles. The van der Waals surface area contributed by atoms with Crippen molar-refractivity contribution in [1.29, 1.82) is 0 Å². The summed E-state index contributed by atoms with van der Waals surface area (Å²) in [7, 11) is 0. The summed E-state index contributed by atoms with van der Waals surface area (Å²) in [5.74, 6) is 1.57. The number of rotatable bonds is 5. The van der Waals surface area contributed by atoms with Gasteiger partial charge in [-0.15, -0.1) is 0 Å². The van der Waals surface area contributed by atoms with Crippen LogP contribution in [0.2, 0.25) is 0 Å². The van der Waals surface area contributed by atoms with Gasteiger partial charge in [0.1, 0.15) is 5.75 Å². The monoisotopic (exact) mass is 274 g/mol. The van der Waals surface area contributed by atoms with E-state index in [1.54, 1.807) is 0 Å². The highest BCUT2D eigenvalue weighted by Gasteiger charge is 2.30. The molecule has 4 heteroatoms. The van der Waals surface area contributed by atoms with Crippen molar-refractivity contribution in [2.24, 2.45) is 5.92 Å². The minimum atomic E-state index is -0.155. The molecule has 0 amide bonds. The highest BCUT2D eigenvalue weighted by atomic mass is 16.5.